The van der Waals surface area contributed by atoms with Gasteiger partial charge in [-0.1, -0.05) is 67.6 Å². The van der Waals surface area contributed by atoms with Gasteiger partial charge in [0.05, 0.1) is 0 Å². The van der Waals surface area contributed by atoms with Crippen LogP contribution in [0.4, 0.5) is 0 Å². The predicted octanol–water partition coefficient (Wildman–Crippen LogP) is 1.99. The minimum atomic E-state index is 0. The van der Waals surface area contributed by atoms with Crippen LogP contribution >= 0.6 is 0 Å². The Morgan fingerprint density at radius 1 is 0.870 bits per heavy atom. The molecule has 0 saturated carbocycles. The zero-order chi connectivity index (χ0) is 15.8. The van der Waals surface area contributed by atoms with Crippen LogP contribution in [0.25, 0.3) is 0 Å². The van der Waals surface area contributed by atoms with Crippen molar-refractivity contribution in [1.29, 1.82) is 0 Å². The van der Waals surface area contributed by atoms with Gasteiger partial charge >= 0.3 is 0 Å². The van der Waals surface area contributed by atoms with E-state index in [9.17, 15) is 0 Å². The zero-order valence-corrected chi connectivity index (χ0v) is 15.3. The molecule has 0 bridgehead atoms. The highest BCUT2D eigenvalue weighted by molar-refractivity contribution is 5.24. The fourth-order valence-corrected chi connectivity index (χ4v) is 3.15. The Bertz CT molecular complexity index is 524. The average Bonchev–Trinajstić information content (AvgIpc) is 2.54. The summed E-state index contributed by atoms with van der Waals surface area (Å²) in [6, 6.07) is 21.9. The smallest absolute Gasteiger partial charge is 0.00247 e. The van der Waals surface area contributed by atoms with Crippen molar-refractivity contribution in [2.24, 2.45) is 5.92 Å². The number of hydrogen-bond donors (Lipinski definition) is 0. The maximum absolute atomic E-state index is 2.41. The summed E-state index contributed by atoms with van der Waals surface area (Å²) < 4.78 is 0. The van der Waals surface area contributed by atoms with Crippen molar-refractivity contribution in [1.82, 2.24) is 4.90 Å². The van der Waals surface area contributed by atoms with E-state index in [1.807, 2.05) is 0 Å². The molecule has 0 radical (unpaired) electrons. The van der Waals surface area contributed by atoms with Gasteiger partial charge in [0.15, 0.2) is 0 Å². The lowest BCUT2D eigenvalue weighted by atomic mass is 9.80. The van der Waals surface area contributed by atoms with Gasteiger partial charge in [0.25, 0.3) is 0 Å². The van der Waals surface area contributed by atoms with Crippen LogP contribution in [0.2, 0.25) is 0 Å². The van der Waals surface area contributed by atoms with E-state index in [0.29, 0.717) is 11.8 Å². The number of benzene rings is 2. The highest BCUT2D eigenvalue weighted by atomic mass is 35.5. The van der Waals surface area contributed by atoms with Crippen molar-refractivity contribution < 1.29 is 12.4 Å². The van der Waals surface area contributed by atoms with Gasteiger partial charge < -0.3 is 17.3 Å². The molecule has 126 valence electrons. The highest BCUT2D eigenvalue weighted by Gasteiger charge is 2.19. The molecular weight excluding hydrogens is 302 g/mol. The molecule has 0 heterocycles. The fourth-order valence-electron chi connectivity index (χ4n) is 3.15. The molecule has 0 aliphatic carbocycles. The van der Waals surface area contributed by atoms with Crippen LogP contribution in [-0.4, -0.2) is 25.5 Å². The van der Waals surface area contributed by atoms with Gasteiger partial charge in [-0.3, -0.25) is 0 Å². The van der Waals surface area contributed by atoms with Crippen molar-refractivity contribution in [2.75, 3.05) is 20.6 Å². The summed E-state index contributed by atoms with van der Waals surface area (Å²) in [4.78, 5) is 2.28. The monoisotopic (exact) mass is 330 g/mol. The Labute approximate surface area is 148 Å². The van der Waals surface area contributed by atoms with E-state index in [2.05, 4.69) is 86.6 Å². The predicted molar refractivity (Wildman–Crippen MR) is 96.3 cm³/mol. The van der Waals surface area contributed by atoms with E-state index in [1.165, 1.54) is 30.5 Å². The summed E-state index contributed by atoms with van der Waals surface area (Å²) in [6.07, 6.45) is 3.69. The third kappa shape index (κ3) is 6.76. The topological polar surface area (TPSA) is 3.24 Å². The molecule has 23 heavy (non-hydrogen) atoms. The summed E-state index contributed by atoms with van der Waals surface area (Å²) in [5.74, 6) is 1.30. The second-order valence-corrected chi connectivity index (χ2v) is 6.63. The number of rotatable bonds is 8. The fraction of sp³-hybridized carbons (Fsp3) is 0.429. The van der Waals surface area contributed by atoms with E-state index < -0.39 is 0 Å². The maximum atomic E-state index is 2.41. The lowest BCUT2D eigenvalue weighted by molar-refractivity contribution is -0.00000471. The lowest BCUT2D eigenvalue weighted by Crippen LogP contribution is -3.00. The molecule has 2 heteroatoms. The summed E-state index contributed by atoms with van der Waals surface area (Å²) in [6.45, 7) is 3.59. The first-order valence-corrected chi connectivity index (χ1v) is 8.40. The molecule has 2 aromatic carbocycles. The molecule has 0 spiro atoms. The standard InChI is InChI=1S/C21H29N.ClH/c1-18(11-10-16-22(2)3)21(20-14-8-5-9-15-20)17-19-12-6-4-7-13-19;/h4-9,12-15,18,21H,10-11,16-17H2,1-3H3;1H/p-1. The van der Waals surface area contributed by atoms with Gasteiger partial charge in [-0.25, -0.2) is 0 Å². The van der Waals surface area contributed by atoms with Gasteiger partial charge in [-0.15, -0.1) is 0 Å². The molecule has 0 aromatic heterocycles. The van der Waals surface area contributed by atoms with Gasteiger partial charge in [0, 0.05) is 0 Å². The molecule has 2 atom stereocenters. The Hall–Kier alpha value is -1.31. The maximum Gasteiger partial charge on any atom is -0.00247 e. The summed E-state index contributed by atoms with van der Waals surface area (Å²) >= 11 is 0. The summed E-state index contributed by atoms with van der Waals surface area (Å²) in [5, 5.41) is 0. The van der Waals surface area contributed by atoms with E-state index in [4.69, 9.17) is 0 Å². The van der Waals surface area contributed by atoms with Crippen LogP contribution in [0.15, 0.2) is 60.7 Å². The lowest BCUT2D eigenvalue weighted by Gasteiger charge is -2.25. The van der Waals surface area contributed by atoms with E-state index in [-0.39, 0.29) is 12.4 Å². The third-order valence-electron chi connectivity index (χ3n) is 4.48. The Balaban J connectivity index is 0.00000264. The number of halogens is 1. The SMILES string of the molecule is CC(CCCN(C)C)C(Cc1ccccc1)c1ccccc1.[Cl-]. The third-order valence-corrected chi connectivity index (χ3v) is 4.48. The largest absolute Gasteiger partial charge is 1.00 e. The zero-order valence-electron chi connectivity index (χ0n) is 14.6. The van der Waals surface area contributed by atoms with Crippen molar-refractivity contribution >= 4 is 0 Å². The quantitative estimate of drug-likeness (QED) is 0.715. The number of nitrogens with zero attached hydrogens (tertiary/aromatic N) is 1. The van der Waals surface area contributed by atoms with Crippen LogP contribution in [0, 0.1) is 5.92 Å². The molecule has 2 unspecified atom stereocenters. The van der Waals surface area contributed by atoms with Crippen LogP contribution in [0.5, 0.6) is 0 Å². The second kappa shape index (κ2) is 10.5. The van der Waals surface area contributed by atoms with Crippen LogP contribution in [-0.2, 0) is 6.42 Å². The summed E-state index contributed by atoms with van der Waals surface area (Å²) in [7, 11) is 4.31. The molecule has 0 aliphatic rings. The molecule has 2 rings (SSSR count). The number of hydrogen-bond acceptors (Lipinski definition) is 1. The van der Waals surface area contributed by atoms with E-state index in [0.717, 1.165) is 6.42 Å². The first-order chi connectivity index (χ1) is 10.7. The molecule has 1 nitrogen and oxygen atoms in total. The van der Waals surface area contributed by atoms with Gasteiger partial charge in [-0.2, -0.15) is 0 Å². The minimum absolute atomic E-state index is 0. The van der Waals surface area contributed by atoms with Crippen molar-refractivity contribution in [3.05, 3.63) is 71.8 Å². The Morgan fingerprint density at radius 2 is 1.43 bits per heavy atom. The van der Waals surface area contributed by atoms with Gasteiger partial charge in [-0.05, 0) is 62.9 Å². The first-order valence-electron chi connectivity index (χ1n) is 8.40. The van der Waals surface area contributed by atoms with Crippen molar-refractivity contribution in [3.63, 3.8) is 0 Å². The van der Waals surface area contributed by atoms with E-state index in [1.54, 1.807) is 0 Å². The van der Waals surface area contributed by atoms with Crippen LogP contribution < -0.4 is 12.4 Å². The normalized spacial score (nSPS) is 13.4. The Morgan fingerprint density at radius 3 is 2.00 bits per heavy atom. The Kier molecular flexibility index (Phi) is 8.98. The molecule has 0 amide bonds. The molecule has 2 aromatic rings. The molecule has 0 fully saturated rings. The van der Waals surface area contributed by atoms with Gasteiger partial charge in [0.2, 0.25) is 0 Å². The van der Waals surface area contributed by atoms with Crippen molar-refractivity contribution in [2.45, 2.75) is 32.1 Å². The van der Waals surface area contributed by atoms with Crippen LogP contribution in [0.3, 0.4) is 0 Å². The van der Waals surface area contributed by atoms with Gasteiger partial charge in [0.1, 0.15) is 0 Å². The molecule has 0 saturated heterocycles. The molecule has 0 aliphatic heterocycles. The summed E-state index contributed by atoms with van der Waals surface area (Å²) in [5.41, 5.74) is 2.92. The highest BCUT2D eigenvalue weighted by Crippen LogP contribution is 2.31. The van der Waals surface area contributed by atoms with Crippen molar-refractivity contribution in [3.8, 4) is 0 Å². The molecule has 0 N–H and O–H groups in total. The first kappa shape index (κ1) is 19.7. The molecular formula is C21H29ClN-. The average molecular weight is 331 g/mol. The van der Waals surface area contributed by atoms with E-state index >= 15 is 0 Å². The second-order valence-electron chi connectivity index (χ2n) is 6.63. The van der Waals surface area contributed by atoms with Crippen LogP contribution in [0.1, 0.15) is 36.8 Å². The minimum Gasteiger partial charge on any atom is -1.00 e.